The van der Waals surface area contributed by atoms with E-state index in [2.05, 4.69) is 40.5 Å². The van der Waals surface area contributed by atoms with E-state index in [1.54, 1.807) is 24.7 Å². The van der Waals surface area contributed by atoms with Crippen molar-refractivity contribution in [3.05, 3.63) is 101 Å². The van der Waals surface area contributed by atoms with Crippen molar-refractivity contribution in [2.24, 2.45) is 5.16 Å². The molecule has 0 radical (unpaired) electrons. The van der Waals surface area contributed by atoms with Crippen molar-refractivity contribution in [1.82, 2.24) is 9.55 Å². The molecule has 28 heavy (non-hydrogen) atoms. The first kappa shape index (κ1) is 18.5. The van der Waals surface area contributed by atoms with Gasteiger partial charge in [-0.25, -0.2) is 4.98 Å². The van der Waals surface area contributed by atoms with Gasteiger partial charge >= 0.3 is 0 Å². The summed E-state index contributed by atoms with van der Waals surface area (Å²) in [6.45, 7) is 0.809. The molecule has 0 fully saturated rings. The molecular formula is C22H17Cl2N3O. The molecule has 1 aromatic heterocycles. The fourth-order valence-corrected chi connectivity index (χ4v) is 3.38. The molecule has 0 spiro atoms. The first-order valence-electron chi connectivity index (χ1n) is 8.77. The molecule has 4 nitrogen and oxygen atoms in total. The molecule has 4 aromatic rings. The van der Waals surface area contributed by atoms with Gasteiger partial charge in [0, 0.05) is 33.6 Å². The lowest BCUT2D eigenvalue weighted by Crippen LogP contribution is -2.11. The molecule has 0 aliphatic carbocycles. The number of oxime groups is 1. The summed E-state index contributed by atoms with van der Waals surface area (Å²) < 4.78 is 1.95. The van der Waals surface area contributed by atoms with Crippen LogP contribution in [0.25, 0.3) is 10.8 Å². The van der Waals surface area contributed by atoms with Crippen molar-refractivity contribution in [2.75, 3.05) is 0 Å². The molecular weight excluding hydrogens is 393 g/mol. The molecule has 6 heteroatoms. The van der Waals surface area contributed by atoms with Gasteiger partial charge in [0.05, 0.1) is 12.9 Å². The summed E-state index contributed by atoms with van der Waals surface area (Å²) in [7, 11) is 0. The first-order valence-corrected chi connectivity index (χ1v) is 9.52. The van der Waals surface area contributed by atoms with Gasteiger partial charge in [-0.05, 0) is 29.0 Å². The van der Waals surface area contributed by atoms with Crippen LogP contribution in [0.1, 0.15) is 11.1 Å². The van der Waals surface area contributed by atoms with Crippen molar-refractivity contribution < 1.29 is 4.84 Å². The SMILES string of the molecule is Clc1ccc(CO/N=C(\Cn2ccnc2)c2ccc3ccccc3c2)c(Cl)c1. The minimum atomic E-state index is 0.261. The zero-order valence-corrected chi connectivity index (χ0v) is 16.4. The van der Waals surface area contributed by atoms with Gasteiger partial charge in [0.15, 0.2) is 0 Å². The minimum Gasteiger partial charge on any atom is -0.391 e. The largest absolute Gasteiger partial charge is 0.391 e. The average molecular weight is 410 g/mol. The minimum absolute atomic E-state index is 0.261. The second kappa shape index (κ2) is 8.46. The summed E-state index contributed by atoms with van der Waals surface area (Å²) in [6, 6.07) is 19.8. The predicted octanol–water partition coefficient (Wildman–Crippen LogP) is 5.96. The van der Waals surface area contributed by atoms with E-state index in [1.807, 2.05) is 29.0 Å². The van der Waals surface area contributed by atoms with Crippen LogP contribution in [0.15, 0.2) is 84.5 Å². The van der Waals surface area contributed by atoms with Crippen LogP contribution in [-0.2, 0) is 18.0 Å². The maximum Gasteiger partial charge on any atom is 0.143 e. The summed E-state index contributed by atoms with van der Waals surface area (Å²) in [5.74, 6) is 0. The molecule has 0 saturated heterocycles. The van der Waals surface area contributed by atoms with E-state index in [0.717, 1.165) is 22.2 Å². The number of rotatable bonds is 6. The Morgan fingerprint density at radius 1 is 1.00 bits per heavy atom. The number of aromatic nitrogens is 2. The predicted molar refractivity (Wildman–Crippen MR) is 114 cm³/mol. The molecule has 140 valence electrons. The van der Waals surface area contributed by atoms with Crippen molar-refractivity contribution >= 4 is 39.7 Å². The van der Waals surface area contributed by atoms with Crippen LogP contribution < -0.4 is 0 Å². The summed E-state index contributed by atoms with van der Waals surface area (Å²) in [5.41, 5.74) is 2.62. The highest BCUT2D eigenvalue weighted by Gasteiger charge is 2.08. The Morgan fingerprint density at radius 3 is 2.64 bits per heavy atom. The number of hydrogen-bond donors (Lipinski definition) is 0. The lowest BCUT2D eigenvalue weighted by molar-refractivity contribution is 0.130. The van der Waals surface area contributed by atoms with Gasteiger partial charge in [0.25, 0.3) is 0 Å². The zero-order chi connectivity index (χ0) is 19.3. The highest BCUT2D eigenvalue weighted by Crippen LogP contribution is 2.22. The maximum absolute atomic E-state index is 6.22. The van der Waals surface area contributed by atoms with Crippen molar-refractivity contribution in [3.63, 3.8) is 0 Å². The number of fused-ring (bicyclic) bond motifs is 1. The van der Waals surface area contributed by atoms with Crippen molar-refractivity contribution in [2.45, 2.75) is 13.2 Å². The molecule has 0 amide bonds. The smallest absolute Gasteiger partial charge is 0.143 e. The maximum atomic E-state index is 6.22. The van der Waals surface area contributed by atoms with Gasteiger partial charge in [0.2, 0.25) is 0 Å². The van der Waals surface area contributed by atoms with Crippen LogP contribution in [-0.4, -0.2) is 15.3 Å². The van der Waals surface area contributed by atoms with Gasteiger partial charge in [-0.2, -0.15) is 0 Å². The molecule has 4 rings (SSSR count). The van der Waals surface area contributed by atoms with E-state index in [4.69, 9.17) is 28.0 Å². The van der Waals surface area contributed by atoms with E-state index in [-0.39, 0.29) is 6.61 Å². The van der Waals surface area contributed by atoms with E-state index in [1.165, 1.54) is 5.39 Å². The number of imidazole rings is 1. The number of nitrogens with zero attached hydrogens (tertiary/aromatic N) is 3. The van der Waals surface area contributed by atoms with E-state index in [0.29, 0.717) is 16.6 Å². The monoisotopic (exact) mass is 409 g/mol. The fourth-order valence-electron chi connectivity index (χ4n) is 2.91. The molecule has 3 aromatic carbocycles. The number of benzene rings is 3. The molecule has 0 saturated carbocycles. The molecule has 0 unspecified atom stereocenters. The molecule has 0 aliphatic rings. The van der Waals surface area contributed by atoms with E-state index >= 15 is 0 Å². The van der Waals surface area contributed by atoms with Crippen LogP contribution >= 0.6 is 23.2 Å². The van der Waals surface area contributed by atoms with Crippen molar-refractivity contribution in [1.29, 1.82) is 0 Å². The number of halogens is 2. The van der Waals surface area contributed by atoms with Gasteiger partial charge in [0.1, 0.15) is 12.3 Å². The average Bonchev–Trinajstić information content (AvgIpc) is 3.21. The zero-order valence-electron chi connectivity index (χ0n) is 14.9. The third kappa shape index (κ3) is 4.35. The lowest BCUT2D eigenvalue weighted by Gasteiger charge is -2.10. The molecule has 1 heterocycles. The Balaban J connectivity index is 1.61. The van der Waals surface area contributed by atoms with Crippen LogP contribution in [0, 0.1) is 0 Å². The topological polar surface area (TPSA) is 39.4 Å². The standard InChI is InChI=1S/C22H17Cl2N3O/c23-20-8-7-19(21(24)12-20)14-28-26-22(13-27-10-9-25-15-27)18-6-5-16-3-1-2-4-17(16)11-18/h1-12,15H,13-14H2/b26-22+. The van der Waals surface area contributed by atoms with Gasteiger partial charge < -0.3 is 9.40 Å². The second-order valence-corrected chi connectivity index (χ2v) is 7.19. The summed E-state index contributed by atoms with van der Waals surface area (Å²) >= 11 is 12.2. The van der Waals surface area contributed by atoms with Gasteiger partial charge in [-0.1, -0.05) is 70.8 Å². The Morgan fingerprint density at radius 2 is 1.86 bits per heavy atom. The summed E-state index contributed by atoms with van der Waals surface area (Å²) in [4.78, 5) is 9.75. The normalized spacial score (nSPS) is 11.7. The highest BCUT2D eigenvalue weighted by molar-refractivity contribution is 6.35. The summed E-state index contributed by atoms with van der Waals surface area (Å²) in [6.07, 6.45) is 5.39. The first-order chi connectivity index (χ1) is 13.7. The third-order valence-corrected chi connectivity index (χ3v) is 4.97. The quantitative estimate of drug-likeness (QED) is 0.291. The Labute approximate surface area is 173 Å². The van der Waals surface area contributed by atoms with E-state index in [9.17, 15) is 0 Å². The Bertz CT molecular complexity index is 1120. The van der Waals surface area contributed by atoms with Crippen LogP contribution in [0.2, 0.25) is 10.0 Å². The Hall–Kier alpha value is -2.82. The van der Waals surface area contributed by atoms with Crippen LogP contribution in [0.3, 0.4) is 0 Å². The lowest BCUT2D eigenvalue weighted by atomic mass is 10.0. The number of hydrogen-bond acceptors (Lipinski definition) is 3. The van der Waals surface area contributed by atoms with Crippen LogP contribution in [0.4, 0.5) is 0 Å². The van der Waals surface area contributed by atoms with E-state index < -0.39 is 0 Å². The highest BCUT2D eigenvalue weighted by atomic mass is 35.5. The molecule has 0 atom stereocenters. The second-order valence-electron chi connectivity index (χ2n) is 6.34. The Kier molecular flexibility index (Phi) is 5.60. The van der Waals surface area contributed by atoms with Crippen LogP contribution in [0.5, 0.6) is 0 Å². The molecule has 0 N–H and O–H groups in total. The fraction of sp³-hybridized carbons (Fsp3) is 0.0909. The van der Waals surface area contributed by atoms with Gasteiger partial charge in [-0.3, -0.25) is 0 Å². The molecule has 0 aliphatic heterocycles. The van der Waals surface area contributed by atoms with Crippen molar-refractivity contribution in [3.8, 4) is 0 Å². The third-order valence-electron chi connectivity index (χ3n) is 4.38. The summed E-state index contributed by atoms with van der Waals surface area (Å²) in [5, 5.41) is 7.90. The molecule has 0 bridgehead atoms. The van der Waals surface area contributed by atoms with Gasteiger partial charge in [-0.15, -0.1) is 0 Å².